The van der Waals surface area contributed by atoms with Crippen LogP contribution in [0.5, 0.6) is 0 Å². The Labute approximate surface area is 262 Å². The quantitative estimate of drug-likeness (QED) is 0.240. The second-order valence-electron chi connectivity index (χ2n) is 10.3. The molecule has 1 fully saturated rings. The van der Waals surface area contributed by atoms with Crippen LogP contribution in [0.15, 0.2) is 77.7 Å². The van der Waals surface area contributed by atoms with Gasteiger partial charge in [-0.25, -0.2) is 8.42 Å². The largest absolute Gasteiger partial charge is 0.352 e. The zero-order chi connectivity index (χ0) is 30.3. The van der Waals surface area contributed by atoms with Crippen molar-refractivity contribution in [2.75, 3.05) is 10.8 Å². The van der Waals surface area contributed by atoms with Crippen LogP contribution in [0.25, 0.3) is 0 Å². The van der Waals surface area contributed by atoms with Crippen molar-refractivity contribution in [3.8, 4) is 0 Å². The maximum absolute atomic E-state index is 14.2. The van der Waals surface area contributed by atoms with Crippen LogP contribution in [-0.4, -0.2) is 43.8 Å². The standard InChI is InChI=1S/C31H34Cl3N3O4S/c1-2-28(31(39)35-25-9-5-3-6-10-25)36(20-22-13-15-23(32)16-14-22)30(38)21-37(29-18-17-24(33)19-27(29)34)42(40,41)26-11-7-4-8-12-26/h4,7-8,11-19,25,28H,2-3,5-6,9-10,20-21H2,1H3,(H,35,39)/t28-/m1/s1. The number of sulfonamides is 1. The first-order chi connectivity index (χ1) is 20.1. The second-order valence-corrected chi connectivity index (χ2v) is 13.5. The molecule has 1 N–H and O–H groups in total. The Morgan fingerprint density at radius 3 is 2.17 bits per heavy atom. The number of nitrogens with one attached hydrogen (secondary N) is 1. The first-order valence-corrected chi connectivity index (χ1v) is 16.5. The highest BCUT2D eigenvalue weighted by atomic mass is 35.5. The van der Waals surface area contributed by atoms with Crippen molar-refractivity contribution in [2.45, 2.75) is 69.0 Å². The van der Waals surface area contributed by atoms with Crippen molar-refractivity contribution >= 4 is 62.3 Å². The van der Waals surface area contributed by atoms with E-state index in [9.17, 15) is 18.0 Å². The molecule has 11 heteroatoms. The fourth-order valence-electron chi connectivity index (χ4n) is 5.17. The highest BCUT2D eigenvalue weighted by Crippen LogP contribution is 2.33. The second kappa shape index (κ2) is 14.6. The summed E-state index contributed by atoms with van der Waals surface area (Å²) in [6, 6.07) is 18.4. The maximum Gasteiger partial charge on any atom is 0.264 e. The summed E-state index contributed by atoms with van der Waals surface area (Å²) >= 11 is 18.7. The van der Waals surface area contributed by atoms with E-state index in [0.29, 0.717) is 16.5 Å². The van der Waals surface area contributed by atoms with E-state index in [4.69, 9.17) is 34.8 Å². The molecule has 4 rings (SSSR count). The Morgan fingerprint density at radius 2 is 1.55 bits per heavy atom. The number of nitrogens with zero attached hydrogens (tertiary/aromatic N) is 2. The molecule has 0 saturated heterocycles. The number of rotatable bonds is 11. The van der Waals surface area contributed by atoms with Crippen LogP contribution in [0.3, 0.4) is 0 Å². The van der Waals surface area contributed by atoms with E-state index in [2.05, 4.69) is 5.32 Å². The fraction of sp³-hybridized carbons (Fsp3) is 0.355. The minimum atomic E-state index is -4.23. The van der Waals surface area contributed by atoms with E-state index < -0.39 is 28.5 Å². The molecule has 1 saturated carbocycles. The highest BCUT2D eigenvalue weighted by Gasteiger charge is 2.35. The topological polar surface area (TPSA) is 86.8 Å². The van der Waals surface area contributed by atoms with Crippen LogP contribution in [0.2, 0.25) is 15.1 Å². The van der Waals surface area contributed by atoms with Gasteiger partial charge in [-0.05, 0) is 67.3 Å². The van der Waals surface area contributed by atoms with E-state index in [0.717, 1.165) is 42.0 Å². The van der Waals surface area contributed by atoms with Crippen LogP contribution >= 0.6 is 34.8 Å². The van der Waals surface area contributed by atoms with Crippen LogP contribution in [-0.2, 0) is 26.2 Å². The first kappa shape index (κ1) is 32.1. The summed E-state index contributed by atoms with van der Waals surface area (Å²) in [6.45, 7) is 1.33. The molecular weight excluding hydrogens is 617 g/mol. The summed E-state index contributed by atoms with van der Waals surface area (Å²) in [5.74, 6) is -0.810. The molecule has 0 radical (unpaired) electrons. The molecule has 0 spiro atoms. The van der Waals surface area contributed by atoms with Crippen molar-refractivity contribution in [1.29, 1.82) is 0 Å². The van der Waals surface area contributed by atoms with Crippen molar-refractivity contribution in [1.82, 2.24) is 10.2 Å². The molecule has 42 heavy (non-hydrogen) atoms. The molecule has 1 aliphatic rings. The molecule has 224 valence electrons. The number of carbonyl (C=O) groups excluding carboxylic acids is 2. The summed E-state index contributed by atoms with van der Waals surface area (Å²) in [6.07, 6.45) is 5.36. The van der Waals surface area contributed by atoms with Crippen molar-refractivity contribution in [3.05, 3.63) is 93.4 Å². The van der Waals surface area contributed by atoms with Gasteiger partial charge in [0.25, 0.3) is 10.0 Å². The lowest BCUT2D eigenvalue weighted by atomic mass is 9.95. The molecular formula is C31H34Cl3N3O4S. The maximum atomic E-state index is 14.2. The van der Waals surface area contributed by atoms with Gasteiger partial charge in [0.2, 0.25) is 11.8 Å². The molecule has 0 aliphatic heterocycles. The molecule has 1 aliphatic carbocycles. The summed E-state index contributed by atoms with van der Waals surface area (Å²) in [7, 11) is -4.23. The van der Waals surface area contributed by atoms with Crippen LogP contribution < -0.4 is 9.62 Å². The summed E-state index contributed by atoms with van der Waals surface area (Å²) in [4.78, 5) is 29.2. The number of amides is 2. The average molecular weight is 651 g/mol. The van der Waals surface area contributed by atoms with Gasteiger partial charge in [0.05, 0.1) is 15.6 Å². The lowest BCUT2D eigenvalue weighted by Crippen LogP contribution is -2.54. The third kappa shape index (κ3) is 7.98. The number of carbonyl (C=O) groups is 2. The van der Waals surface area contributed by atoms with Crippen molar-refractivity contribution < 1.29 is 18.0 Å². The Morgan fingerprint density at radius 1 is 0.905 bits per heavy atom. The normalized spacial score (nSPS) is 14.7. The lowest BCUT2D eigenvalue weighted by Gasteiger charge is -2.34. The van der Waals surface area contributed by atoms with Gasteiger partial charge in [0.15, 0.2) is 0 Å². The molecule has 7 nitrogen and oxygen atoms in total. The molecule has 0 aromatic heterocycles. The number of halogens is 3. The first-order valence-electron chi connectivity index (χ1n) is 14.0. The number of anilines is 1. The Kier molecular flexibility index (Phi) is 11.2. The van der Waals surface area contributed by atoms with Gasteiger partial charge in [0.1, 0.15) is 12.6 Å². The van der Waals surface area contributed by atoms with E-state index in [1.807, 2.05) is 6.92 Å². The summed E-state index contributed by atoms with van der Waals surface area (Å²) in [5.41, 5.74) is 0.850. The van der Waals surface area contributed by atoms with Crippen LogP contribution in [0, 0.1) is 0 Å². The molecule has 3 aromatic rings. The molecule has 2 amide bonds. The zero-order valence-corrected chi connectivity index (χ0v) is 26.4. The SMILES string of the molecule is CC[C@H](C(=O)NC1CCCCC1)N(Cc1ccc(Cl)cc1)C(=O)CN(c1ccc(Cl)cc1Cl)S(=O)(=O)c1ccccc1. The zero-order valence-electron chi connectivity index (χ0n) is 23.3. The smallest absolute Gasteiger partial charge is 0.264 e. The lowest BCUT2D eigenvalue weighted by molar-refractivity contribution is -0.140. The van der Waals surface area contributed by atoms with Crippen LogP contribution in [0.1, 0.15) is 51.0 Å². The van der Waals surface area contributed by atoms with E-state index >= 15 is 0 Å². The molecule has 1 atom stereocenters. The average Bonchev–Trinajstić information content (AvgIpc) is 2.98. The van der Waals surface area contributed by atoms with Gasteiger partial charge in [-0.3, -0.25) is 13.9 Å². The predicted molar refractivity (Wildman–Crippen MR) is 169 cm³/mol. The minimum Gasteiger partial charge on any atom is -0.352 e. The third-order valence-electron chi connectivity index (χ3n) is 7.39. The van der Waals surface area contributed by atoms with Crippen molar-refractivity contribution in [2.24, 2.45) is 0 Å². The van der Waals surface area contributed by atoms with Crippen LogP contribution in [0.4, 0.5) is 5.69 Å². The van der Waals surface area contributed by atoms with Gasteiger partial charge < -0.3 is 10.2 Å². The highest BCUT2D eigenvalue weighted by molar-refractivity contribution is 7.92. The van der Waals surface area contributed by atoms with Gasteiger partial charge in [-0.2, -0.15) is 0 Å². The minimum absolute atomic E-state index is 0.00449. The summed E-state index contributed by atoms with van der Waals surface area (Å²) < 4.78 is 28.8. The number of hydrogen-bond donors (Lipinski definition) is 1. The Hall–Kier alpha value is -2.78. The third-order valence-corrected chi connectivity index (χ3v) is 9.96. The summed E-state index contributed by atoms with van der Waals surface area (Å²) in [5, 5.41) is 4.06. The fourth-order valence-corrected chi connectivity index (χ4v) is 7.31. The van der Waals surface area contributed by atoms with E-state index in [1.165, 1.54) is 35.2 Å². The Bertz CT molecular complexity index is 1480. The van der Waals surface area contributed by atoms with E-state index in [1.54, 1.807) is 42.5 Å². The van der Waals surface area contributed by atoms with Gasteiger partial charge >= 0.3 is 0 Å². The number of hydrogen-bond acceptors (Lipinski definition) is 4. The van der Waals surface area contributed by atoms with Gasteiger partial charge in [-0.1, -0.05) is 91.3 Å². The molecule has 0 unspecified atom stereocenters. The number of benzene rings is 3. The Balaban J connectivity index is 1.72. The van der Waals surface area contributed by atoms with Gasteiger partial charge in [-0.15, -0.1) is 0 Å². The molecule has 0 bridgehead atoms. The molecule has 3 aromatic carbocycles. The van der Waals surface area contributed by atoms with E-state index in [-0.39, 0.29) is 34.1 Å². The predicted octanol–water partition coefficient (Wildman–Crippen LogP) is 7.10. The monoisotopic (exact) mass is 649 g/mol. The van der Waals surface area contributed by atoms with Gasteiger partial charge in [0, 0.05) is 22.6 Å². The molecule has 0 heterocycles. The van der Waals surface area contributed by atoms with Crippen molar-refractivity contribution in [3.63, 3.8) is 0 Å².